The third-order valence-electron chi connectivity index (χ3n) is 9.20. The van der Waals surface area contributed by atoms with Crippen LogP contribution in [0.1, 0.15) is 69.9 Å². The van der Waals surface area contributed by atoms with E-state index < -0.39 is 11.9 Å². The quantitative estimate of drug-likeness (QED) is 0.337. The molecule has 0 aromatic heterocycles. The minimum Gasteiger partial charge on any atom is -0.493 e. The van der Waals surface area contributed by atoms with E-state index in [1.807, 2.05) is 21.9 Å². The molecule has 2 amide bonds. The number of carboxylic acids is 1. The van der Waals surface area contributed by atoms with Gasteiger partial charge in [0.15, 0.2) is 0 Å². The molecule has 3 atom stereocenters. The lowest BCUT2D eigenvalue weighted by atomic mass is 9.83. The van der Waals surface area contributed by atoms with Crippen molar-refractivity contribution in [1.29, 1.82) is 0 Å². The van der Waals surface area contributed by atoms with Crippen LogP contribution in [0.4, 0.5) is 0 Å². The lowest BCUT2D eigenvalue weighted by molar-refractivity contribution is -0.870. The van der Waals surface area contributed by atoms with Crippen molar-refractivity contribution in [2.45, 2.75) is 71.3 Å². The lowest BCUT2D eigenvalue weighted by Gasteiger charge is -2.31. The number of aliphatic carboxylic acids is 1. The molecule has 3 heterocycles. The van der Waals surface area contributed by atoms with Crippen LogP contribution in [0.15, 0.2) is 18.2 Å². The second-order valence-corrected chi connectivity index (χ2v) is 14.5. The average Bonchev–Trinajstić information content (AvgIpc) is 3.58. The minimum atomic E-state index is -0.837. The van der Waals surface area contributed by atoms with Crippen LogP contribution < -0.4 is 4.74 Å². The summed E-state index contributed by atoms with van der Waals surface area (Å²) in [5.41, 5.74) is 2.04. The number of amides is 2. The highest BCUT2D eigenvalue weighted by Crippen LogP contribution is 2.41. The van der Waals surface area contributed by atoms with Gasteiger partial charge in [0.25, 0.3) is 0 Å². The number of hydrogen-bond acceptors (Lipinski definition) is 5. The SMILES string of the molecule is CCCCN(CCC[N+](C)(C)C)C(=O)CN1C[C@H](c2ccc3c(c2)CCO3)C(C(=O)O)[C@@H]1CCN1CC(C)(C)CC1=O. The summed E-state index contributed by atoms with van der Waals surface area (Å²) in [6.45, 7) is 11.3. The van der Waals surface area contributed by atoms with Crippen molar-refractivity contribution in [2.24, 2.45) is 11.3 Å². The Labute approximate surface area is 252 Å². The van der Waals surface area contributed by atoms with Gasteiger partial charge in [-0.2, -0.15) is 0 Å². The number of benzene rings is 1. The van der Waals surface area contributed by atoms with E-state index in [2.05, 4.69) is 52.9 Å². The highest BCUT2D eigenvalue weighted by molar-refractivity contribution is 5.80. The molecule has 42 heavy (non-hydrogen) atoms. The molecule has 0 aliphatic carbocycles. The summed E-state index contributed by atoms with van der Waals surface area (Å²) >= 11 is 0. The Morgan fingerprint density at radius 2 is 1.90 bits per heavy atom. The molecule has 3 aliphatic heterocycles. The summed E-state index contributed by atoms with van der Waals surface area (Å²) in [6.07, 6.45) is 4.76. The maximum Gasteiger partial charge on any atom is 0.308 e. The number of likely N-dealkylation sites (tertiary alicyclic amines) is 2. The van der Waals surface area contributed by atoms with Crippen molar-refractivity contribution in [2.75, 3.05) is 73.6 Å². The number of carbonyl (C=O) groups excluding carboxylic acids is 2. The molecule has 1 N–H and O–H groups in total. The van der Waals surface area contributed by atoms with Crippen LogP contribution in [0, 0.1) is 11.3 Å². The highest BCUT2D eigenvalue weighted by Gasteiger charge is 2.48. The summed E-state index contributed by atoms with van der Waals surface area (Å²) in [5, 5.41) is 10.6. The Morgan fingerprint density at radius 3 is 2.55 bits per heavy atom. The van der Waals surface area contributed by atoms with E-state index in [1.54, 1.807) is 0 Å². The van der Waals surface area contributed by atoms with Crippen LogP contribution in [0.25, 0.3) is 0 Å². The molecule has 3 aliphatic rings. The van der Waals surface area contributed by atoms with Gasteiger partial charge in [0.1, 0.15) is 5.75 Å². The summed E-state index contributed by atoms with van der Waals surface area (Å²) in [4.78, 5) is 45.5. The van der Waals surface area contributed by atoms with E-state index in [9.17, 15) is 19.5 Å². The zero-order valence-electron chi connectivity index (χ0n) is 26.7. The molecule has 0 bridgehead atoms. The third-order valence-corrected chi connectivity index (χ3v) is 9.20. The fourth-order valence-electron chi connectivity index (χ4n) is 7.02. The van der Waals surface area contributed by atoms with Crippen molar-refractivity contribution in [3.05, 3.63) is 29.3 Å². The number of carbonyl (C=O) groups is 3. The van der Waals surface area contributed by atoms with Crippen molar-refractivity contribution in [3.63, 3.8) is 0 Å². The second-order valence-electron chi connectivity index (χ2n) is 14.5. The van der Waals surface area contributed by atoms with E-state index in [1.165, 1.54) is 0 Å². The number of nitrogens with zero attached hydrogens (tertiary/aromatic N) is 4. The van der Waals surface area contributed by atoms with Crippen LogP contribution >= 0.6 is 0 Å². The summed E-state index contributed by atoms with van der Waals surface area (Å²) < 4.78 is 6.55. The number of rotatable bonds is 14. The van der Waals surface area contributed by atoms with Gasteiger partial charge in [0.05, 0.1) is 46.8 Å². The zero-order valence-corrected chi connectivity index (χ0v) is 26.7. The maximum absolute atomic E-state index is 13.8. The van der Waals surface area contributed by atoms with E-state index in [-0.39, 0.29) is 35.7 Å². The molecule has 0 spiro atoms. The molecule has 9 nitrogen and oxygen atoms in total. The topological polar surface area (TPSA) is 90.4 Å². The molecule has 234 valence electrons. The first-order valence-corrected chi connectivity index (χ1v) is 15.9. The number of fused-ring (bicyclic) bond motifs is 1. The number of unbranched alkanes of at least 4 members (excludes halogenated alkanes) is 1. The van der Waals surface area contributed by atoms with E-state index in [0.717, 1.165) is 60.1 Å². The normalized spacial score (nSPS) is 23.7. The first-order valence-electron chi connectivity index (χ1n) is 15.9. The Balaban J connectivity index is 1.56. The van der Waals surface area contributed by atoms with Crippen molar-refractivity contribution in [1.82, 2.24) is 14.7 Å². The van der Waals surface area contributed by atoms with E-state index >= 15 is 0 Å². The van der Waals surface area contributed by atoms with Gasteiger partial charge in [0, 0.05) is 63.9 Å². The Morgan fingerprint density at radius 1 is 1.17 bits per heavy atom. The number of carboxylic acid groups (broad SMARTS) is 1. The molecule has 1 aromatic rings. The van der Waals surface area contributed by atoms with Crippen molar-refractivity contribution in [3.8, 4) is 5.75 Å². The summed E-state index contributed by atoms with van der Waals surface area (Å²) in [6, 6.07) is 5.73. The smallest absolute Gasteiger partial charge is 0.308 e. The lowest BCUT2D eigenvalue weighted by Crippen LogP contribution is -2.46. The average molecular weight is 586 g/mol. The molecule has 9 heteroatoms. The summed E-state index contributed by atoms with van der Waals surface area (Å²) in [7, 11) is 6.49. The molecule has 2 saturated heterocycles. The molecule has 2 fully saturated rings. The fraction of sp³-hybridized carbons (Fsp3) is 0.727. The van der Waals surface area contributed by atoms with Gasteiger partial charge in [-0.15, -0.1) is 0 Å². The Kier molecular flexibility index (Phi) is 10.2. The number of ether oxygens (including phenoxy) is 1. The molecular weight excluding hydrogens is 532 g/mol. The Hall–Kier alpha value is -2.65. The molecule has 0 saturated carbocycles. The van der Waals surface area contributed by atoms with Gasteiger partial charge in [0.2, 0.25) is 11.8 Å². The predicted molar refractivity (Wildman–Crippen MR) is 163 cm³/mol. The van der Waals surface area contributed by atoms with Gasteiger partial charge in [-0.1, -0.05) is 39.3 Å². The van der Waals surface area contributed by atoms with Crippen LogP contribution in [0.2, 0.25) is 0 Å². The maximum atomic E-state index is 13.8. The number of hydrogen-bond donors (Lipinski definition) is 1. The Bertz CT molecular complexity index is 1130. The van der Waals surface area contributed by atoms with Gasteiger partial charge in [-0.05, 0) is 35.4 Å². The van der Waals surface area contributed by atoms with Gasteiger partial charge >= 0.3 is 5.97 Å². The van der Waals surface area contributed by atoms with Crippen molar-refractivity contribution < 1.29 is 28.7 Å². The largest absolute Gasteiger partial charge is 0.493 e. The monoisotopic (exact) mass is 585 g/mol. The number of quaternary nitrogens is 1. The zero-order chi connectivity index (χ0) is 30.7. The molecule has 0 radical (unpaired) electrons. The van der Waals surface area contributed by atoms with E-state index in [0.29, 0.717) is 45.6 Å². The second kappa shape index (κ2) is 13.3. The summed E-state index contributed by atoms with van der Waals surface area (Å²) in [5.74, 6) is -0.658. The van der Waals surface area contributed by atoms with Crippen LogP contribution in [0.5, 0.6) is 5.75 Å². The molecule has 1 unspecified atom stereocenters. The van der Waals surface area contributed by atoms with Gasteiger partial charge < -0.3 is 24.1 Å². The molecule has 4 rings (SSSR count). The fourth-order valence-corrected chi connectivity index (χ4v) is 7.02. The first-order chi connectivity index (χ1) is 19.8. The predicted octanol–water partition coefficient (Wildman–Crippen LogP) is 3.46. The first kappa shape index (κ1) is 32.3. The van der Waals surface area contributed by atoms with E-state index in [4.69, 9.17) is 4.74 Å². The van der Waals surface area contributed by atoms with Crippen LogP contribution in [-0.4, -0.2) is 122 Å². The van der Waals surface area contributed by atoms with Gasteiger partial charge in [-0.25, -0.2) is 0 Å². The van der Waals surface area contributed by atoms with Crippen LogP contribution in [0.3, 0.4) is 0 Å². The third kappa shape index (κ3) is 8.04. The standard InChI is InChI=1S/C33H52N4O5/c1-7-8-14-34(15-9-17-37(4,5)6)30(39)22-36-21-26(24-10-11-28-25(19-24)13-18-42-28)31(32(40)41)27(36)12-16-35-23-33(2,3)20-29(35)38/h10-11,19,26-27,31H,7-9,12-18,20-23H2,1-6H3/p+1/t26-,27+,31?/m1/s1. The minimum absolute atomic E-state index is 0.0698. The van der Waals surface area contributed by atoms with Gasteiger partial charge in [-0.3, -0.25) is 19.3 Å². The van der Waals surface area contributed by atoms with Crippen molar-refractivity contribution >= 4 is 17.8 Å². The molecule has 1 aromatic carbocycles. The molecular formula is C33H53N4O5+. The highest BCUT2D eigenvalue weighted by atomic mass is 16.5. The van der Waals surface area contributed by atoms with Crippen LogP contribution in [-0.2, 0) is 20.8 Å².